The van der Waals surface area contributed by atoms with Crippen molar-refractivity contribution in [1.29, 1.82) is 0 Å². The van der Waals surface area contributed by atoms with Crippen molar-refractivity contribution in [3.05, 3.63) is 0 Å². The Hall–Kier alpha value is -1.10. The number of carboxylic acids is 1. The molecule has 0 radical (unpaired) electrons. The molecule has 96 valence electrons. The lowest BCUT2D eigenvalue weighted by Crippen LogP contribution is -2.45. The molecule has 17 heavy (non-hydrogen) atoms. The number of hydrogen-bond donors (Lipinski definition) is 2. The third-order valence-corrected chi connectivity index (χ3v) is 3.88. The van der Waals surface area contributed by atoms with E-state index in [4.69, 9.17) is 10.8 Å². The Labute approximate surface area is 101 Å². The fraction of sp³-hybridized carbons (Fsp3) is 0.833. The third-order valence-electron chi connectivity index (χ3n) is 3.88. The first-order valence-electron chi connectivity index (χ1n) is 6.38. The lowest BCUT2D eigenvalue weighted by atomic mass is 9.85. The average Bonchev–Trinajstić information content (AvgIpc) is 2.77. The van der Waals surface area contributed by atoms with Crippen LogP contribution >= 0.6 is 0 Å². The molecular weight excluding hydrogens is 220 g/mol. The molecule has 5 nitrogen and oxygen atoms in total. The van der Waals surface area contributed by atoms with Crippen LogP contribution in [0.2, 0.25) is 0 Å². The third kappa shape index (κ3) is 2.60. The molecule has 2 fully saturated rings. The number of nitrogens with zero attached hydrogens (tertiary/aromatic N) is 1. The summed E-state index contributed by atoms with van der Waals surface area (Å²) in [7, 11) is 0. The number of amides is 1. The second-order valence-electron chi connectivity index (χ2n) is 5.15. The summed E-state index contributed by atoms with van der Waals surface area (Å²) in [6.07, 6.45) is 4.90. The van der Waals surface area contributed by atoms with Crippen LogP contribution in [0.15, 0.2) is 0 Å². The van der Waals surface area contributed by atoms with E-state index in [0.717, 1.165) is 25.7 Å². The Bertz CT molecular complexity index is 319. The van der Waals surface area contributed by atoms with Gasteiger partial charge in [-0.05, 0) is 32.1 Å². The van der Waals surface area contributed by atoms with E-state index in [1.54, 1.807) is 4.90 Å². The van der Waals surface area contributed by atoms with Gasteiger partial charge in [0.2, 0.25) is 5.91 Å². The predicted molar refractivity (Wildman–Crippen MR) is 62.3 cm³/mol. The van der Waals surface area contributed by atoms with E-state index in [9.17, 15) is 9.59 Å². The van der Waals surface area contributed by atoms with Crippen molar-refractivity contribution in [2.75, 3.05) is 6.54 Å². The molecule has 2 aliphatic rings. The van der Waals surface area contributed by atoms with Gasteiger partial charge in [-0.3, -0.25) is 4.79 Å². The maximum atomic E-state index is 12.3. The molecule has 3 unspecified atom stereocenters. The number of carboxylic acid groups (broad SMARTS) is 1. The average molecular weight is 240 g/mol. The zero-order valence-corrected chi connectivity index (χ0v) is 9.97. The summed E-state index contributed by atoms with van der Waals surface area (Å²) in [4.78, 5) is 24.9. The van der Waals surface area contributed by atoms with Gasteiger partial charge in [0.05, 0.1) is 0 Å². The molecular formula is C12H20N2O3. The van der Waals surface area contributed by atoms with E-state index in [0.29, 0.717) is 19.4 Å². The Morgan fingerprint density at radius 2 is 1.94 bits per heavy atom. The first-order valence-corrected chi connectivity index (χ1v) is 6.38. The van der Waals surface area contributed by atoms with E-state index in [1.165, 1.54) is 0 Å². The van der Waals surface area contributed by atoms with E-state index < -0.39 is 12.0 Å². The van der Waals surface area contributed by atoms with E-state index in [2.05, 4.69) is 0 Å². The number of carbonyl (C=O) groups excluding carboxylic acids is 1. The van der Waals surface area contributed by atoms with Crippen LogP contribution in [-0.2, 0) is 9.59 Å². The second kappa shape index (κ2) is 5.04. The first kappa shape index (κ1) is 12.4. The quantitative estimate of drug-likeness (QED) is 0.739. The number of rotatable bonds is 2. The Morgan fingerprint density at radius 3 is 2.59 bits per heavy atom. The molecule has 0 aromatic carbocycles. The molecule has 3 N–H and O–H groups in total. The number of aliphatic carboxylic acids is 1. The van der Waals surface area contributed by atoms with Crippen LogP contribution in [0.25, 0.3) is 0 Å². The van der Waals surface area contributed by atoms with Crippen LogP contribution in [0.3, 0.4) is 0 Å². The van der Waals surface area contributed by atoms with Crippen LogP contribution in [0.5, 0.6) is 0 Å². The molecule has 0 aromatic rings. The van der Waals surface area contributed by atoms with Gasteiger partial charge >= 0.3 is 5.97 Å². The van der Waals surface area contributed by atoms with Gasteiger partial charge in [-0.25, -0.2) is 4.79 Å². The summed E-state index contributed by atoms with van der Waals surface area (Å²) < 4.78 is 0. The summed E-state index contributed by atoms with van der Waals surface area (Å²) >= 11 is 0. The fourth-order valence-corrected chi connectivity index (χ4v) is 2.97. The van der Waals surface area contributed by atoms with Crippen molar-refractivity contribution in [3.8, 4) is 0 Å². The van der Waals surface area contributed by atoms with Gasteiger partial charge in [0, 0.05) is 18.5 Å². The van der Waals surface area contributed by atoms with Gasteiger partial charge in [0.15, 0.2) is 0 Å². The largest absolute Gasteiger partial charge is 0.480 e. The maximum Gasteiger partial charge on any atom is 0.326 e. The molecule has 1 saturated carbocycles. The minimum atomic E-state index is -0.879. The number of hydrogen-bond acceptors (Lipinski definition) is 3. The SMILES string of the molecule is NC1CCCC(C(=O)N2CCCC2C(=O)O)C1. The van der Waals surface area contributed by atoms with E-state index in [-0.39, 0.29) is 17.9 Å². The minimum Gasteiger partial charge on any atom is -0.480 e. The number of likely N-dealkylation sites (tertiary alicyclic amines) is 1. The Morgan fingerprint density at radius 1 is 1.18 bits per heavy atom. The molecule has 1 aliphatic carbocycles. The van der Waals surface area contributed by atoms with Gasteiger partial charge in [-0.15, -0.1) is 0 Å². The van der Waals surface area contributed by atoms with Gasteiger partial charge in [0.25, 0.3) is 0 Å². The summed E-state index contributed by atoms with van der Waals surface area (Å²) in [5, 5.41) is 9.06. The van der Waals surface area contributed by atoms with Gasteiger partial charge in [0.1, 0.15) is 6.04 Å². The zero-order valence-electron chi connectivity index (χ0n) is 9.97. The molecule has 0 spiro atoms. The van der Waals surface area contributed by atoms with Crippen molar-refractivity contribution in [2.24, 2.45) is 11.7 Å². The summed E-state index contributed by atoms with van der Waals surface area (Å²) in [5.74, 6) is -0.931. The lowest BCUT2D eigenvalue weighted by molar-refractivity contribution is -0.150. The first-order chi connectivity index (χ1) is 8.09. The predicted octanol–water partition coefficient (Wildman–Crippen LogP) is 0.579. The smallest absolute Gasteiger partial charge is 0.326 e. The molecule has 5 heteroatoms. The van der Waals surface area contributed by atoms with Crippen LogP contribution in [0.4, 0.5) is 0 Å². The highest BCUT2D eigenvalue weighted by atomic mass is 16.4. The molecule has 3 atom stereocenters. The van der Waals surface area contributed by atoms with Crippen molar-refractivity contribution in [2.45, 2.75) is 50.6 Å². The van der Waals surface area contributed by atoms with Crippen molar-refractivity contribution in [1.82, 2.24) is 4.90 Å². The summed E-state index contributed by atoms with van der Waals surface area (Å²) in [6.45, 7) is 0.585. The van der Waals surface area contributed by atoms with Crippen molar-refractivity contribution < 1.29 is 14.7 Å². The molecule has 1 amide bonds. The monoisotopic (exact) mass is 240 g/mol. The van der Waals surface area contributed by atoms with Gasteiger partial charge in [-0.2, -0.15) is 0 Å². The maximum absolute atomic E-state index is 12.3. The zero-order chi connectivity index (χ0) is 12.4. The van der Waals surface area contributed by atoms with E-state index >= 15 is 0 Å². The lowest BCUT2D eigenvalue weighted by Gasteiger charge is -2.31. The van der Waals surface area contributed by atoms with Crippen LogP contribution < -0.4 is 5.73 Å². The molecule has 1 saturated heterocycles. The van der Waals surface area contributed by atoms with Crippen LogP contribution in [0, 0.1) is 5.92 Å². The normalized spacial score (nSPS) is 33.7. The van der Waals surface area contributed by atoms with Crippen molar-refractivity contribution >= 4 is 11.9 Å². The fourth-order valence-electron chi connectivity index (χ4n) is 2.97. The number of carbonyl (C=O) groups is 2. The second-order valence-corrected chi connectivity index (χ2v) is 5.15. The highest BCUT2D eigenvalue weighted by Crippen LogP contribution is 2.28. The molecule has 2 rings (SSSR count). The standard InChI is InChI=1S/C12H20N2O3/c13-9-4-1-3-8(7-9)11(15)14-6-2-5-10(14)12(16)17/h8-10H,1-7,13H2,(H,16,17). The van der Waals surface area contributed by atoms with Crippen LogP contribution in [0.1, 0.15) is 38.5 Å². The number of nitrogens with two attached hydrogens (primary N) is 1. The van der Waals surface area contributed by atoms with Crippen molar-refractivity contribution in [3.63, 3.8) is 0 Å². The molecule has 1 aliphatic heterocycles. The van der Waals surface area contributed by atoms with E-state index in [1.807, 2.05) is 0 Å². The molecule has 0 bridgehead atoms. The minimum absolute atomic E-state index is 0.00468. The highest BCUT2D eigenvalue weighted by Gasteiger charge is 2.38. The Balaban J connectivity index is 2.01. The summed E-state index contributed by atoms with van der Waals surface area (Å²) in [6, 6.07) is -0.510. The summed E-state index contributed by atoms with van der Waals surface area (Å²) in [5.41, 5.74) is 5.87. The molecule has 0 aromatic heterocycles. The Kier molecular flexibility index (Phi) is 3.66. The van der Waals surface area contributed by atoms with Gasteiger partial charge in [-0.1, -0.05) is 6.42 Å². The molecule has 1 heterocycles. The van der Waals surface area contributed by atoms with Gasteiger partial charge < -0.3 is 15.7 Å². The highest BCUT2D eigenvalue weighted by molar-refractivity contribution is 5.85. The van der Waals surface area contributed by atoms with Crippen LogP contribution in [-0.4, -0.2) is 40.5 Å². The topological polar surface area (TPSA) is 83.6 Å².